The number of aryl methyl sites for hydroxylation is 1. The largest absolute Gasteiger partial charge is 0.451 e. The summed E-state index contributed by atoms with van der Waals surface area (Å²) in [5.41, 5.74) is 4.01. The molecule has 0 N–H and O–H groups in total. The number of rotatable bonds is 4. The molecule has 3 aromatic rings. The number of fused-ring (bicyclic) bond motifs is 2. The summed E-state index contributed by atoms with van der Waals surface area (Å²) >= 11 is 0. The Kier molecular flexibility index (Phi) is 5.65. The fourth-order valence-corrected chi connectivity index (χ4v) is 4.47. The molecule has 0 saturated heterocycles. The average Bonchev–Trinajstić information content (AvgIpc) is 2.76. The van der Waals surface area contributed by atoms with Gasteiger partial charge in [-0.2, -0.15) is 0 Å². The molecule has 4 rings (SSSR count). The van der Waals surface area contributed by atoms with Crippen LogP contribution in [0.2, 0.25) is 0 Å². The SMILES string of the molecule is CC(OC(=O)c1c2c(nc3ccccc13)CCC(C(C)(C)C)C2)C(=O)c1ccccc1. The summed E-state index contributed by atoms with van der Waals surface area (Å²) < 4.78 is 5.73. The van der Waals surface area contributed by atoms with Crippen LogP contribution in [-0.4, -0.2) is 22.8 Å². The summed E-state index contributed by atoms with van der Waals surface area (Å²) in [7, 11) is 0. The maximum atomic E-state index is 13.4. The molecular formula is C27H29NO3. The quantitative estimate of drug-likeness (QED) is 0.398. The van der Waals surface area contributed by atoms with Crippen LogP contribution in [0.3, 0.4) is 0 Å². The normalized spacial score (nSPS) is 17.1. The number of esters is 1. The molecule has 0 amide bonds. The Morgan fingerprint density at radius 2 is 1.71 bits per heavy atom. The maximum absolute atomic E-state index is 13.4. The monoisotopic (exact) mass is 415 g/mol. The van der Waals surface area contributed by atoms with Gasteiger partial charge < -0.3 is 4.74 Å². The third-order valence-electron chi connectivity index (χ3n) is 6.40. The van der Waals surface area contributed by atoms with E-state index >= 15 is 0 Å². The highest BCUT2D eigenvalue weighted by molar-refractivity contribution is 6.07. The minimum absolute atomic E-state index is 0.140. The Morgan fingerprint density at radius 1 is 1.03 bits per heavy atom. The third kappa shape index (κ3) is 4.25. The Labute approximate surface area is 183 Å². The van der Waals surface area contributed by atoms with Crippen molar-refractivity contribution < 1.29 is 14.3 Å². The number of pyridine rings is 1. The smallest absolute Gasteiger partial charge is 0.339 e. The van der Waals surface area contributed by atoms with Crippen LogP contribution in [0.4, 0.5) is 0 Å². The van der Waals surface area contributed by atoms with E-state index in [4.69, 9.17) is 9.72 Å². The average molecular weight is 416 g/mol. The first-order valence-electron chi connectivity index (χ1n) is 11.0. The number of benzene rings is 2. The first kappa shape index (κ1) is 21.2. The molecule has 4 heteroatoms. The van der Waals surface area contributed by atoms with Crippen molar-refractivity contribution in [2.45, 2.75) is 53.1 Å². The van der Waals surface area contributed by atoms with E-state index in [0.717, 1.165) is 41.4 Å². The van der Waals surface area contributed by atoms with Gasteiger partial charge in [0.05, 0.1) is 11.1 Å². The lowest BCUT2D eigenvalue weighted by atomic mass is 9.70. The van der Waals surface area contributed by atoms with Crippen LogP contribution in [0.5, 0.6) is 0 Å². The molecule has 0 bridgehead atoms. The van der Waals surface area contributed by atoms with Gasteiger partial charge >= 0.3 is 5.97 Å². The van der Waals surface area contributed by atoms with Gasteiger partial charge in [-0.05, 0) is 49.1 Å². The summed E-state index contributed by atoms with van der Waals surface area (Å²) in [4.78, 5) is 31.1. The molecule has 1 heterocycles. The lowest BCUT2D eigenvalue weighted by Crippen LogP contribution is -2.30. The molecule has 160 valence electrons. The highest BCUT2D eigenvalue weighted by Crippen LogP contribution is 2.39. The molecule has 1 aliphatic carbocycles. The van der Waals surface area contributed by atoms with E-state index in [9.17, 15) is 9.59 Å². The molecule has 0 fully saturated rings. The molecule has 31 heavy (non-hydrogen) atoms. The van der Waals surface area contributed by atoms with Crippen molar-refractivity contribution in [2.24, 2.45) is 11.3 Å². The molecule has 0 aliphatic heterocycles. The minimum Gasteiger partial charge on any atom is -0.451 e. The van der Waals surface area contributed by atoms with Crippen LogP contribution >= 0.6 is 0 Å². The lowest BCUT2D eigenvalue weighted by molar-refractivity contribution is 0.0318. The molecule has 0 saturated carbocycles. The van der Waals surface area contributed by atoms with Gasteiger partial charge in [0.2, 0.25) is 5.78 Å². The van der Waals surface area contributed by atoms with Crippen LogP contribution < -0.4 is 0 Å². The van der Waals surface area contributed by atoms with Gasteiger partial charge in [-0.15, -0.1) is 0 Å². The molecule has 4 nitrogen and oxygen atoms in total. The van der Waals surface area contributed by atoms with Gasteiger partial charge in [0, 0.05) is 16.6 Å². The first-order valence-corrected chi connectivity index (χ1v) is 11.0. The van der Waals surface area contributed by atoms with E-state index in [1.165, 1.54) is 0 Å². The predicted octanol–water partition coefficient (Wildman–Crippen LogP) is 5.81. The van der Waals surface area contributed by atoms with E-state index in [-0.39, 0.29) is 11.2 Å². The molecular weight excluding hydrogens is 386 g/mol. The van der Waals surface area contributed by atoms with Crippen LogP contribution in [0.1, 0.15) is 66.1 Å². The number of carbonyl (C=O) groups is 2. The molecule has 1 aromatic heterocycles. The number of carbonyl (C=O) groups excluding carboxylic acids is 2. The lowest BCUT2D eigenvalue weighted by Gasteiger charge is -2.35. The fourth-order valence-electron chi connectivity index (χ4n) is 4.47. The standard InChI is InChI=1S/C27H29NO3/c1-17(25(29)18-10-6-5-7-11-18)31-26(30)24-20-12-8-9-13-22(20)28-23-15-14-19(16-21(23)24)27(2,3)4/h5-13,17,19H,14-16H2,1-4H3. The van der Waals surface area contributed by atoms with Crippen molar-refractivity contribution >= 4 is 22.7 Å². The summed E-state index contributed by atoms with van der Waals surface area (Å²) in [6, 6.07) is 16.6. The summed E-state index contributed by atoms with van der Waals surface area (Å²) in [6.45, 7) is 8.38. The van der Waals surface area contributed by atoms with Crippen molar-refractivity contribution in [3.8, 4) is 0 Å². The zero-order valence-electron chi connectivity index (χ0n) is 18.6. The van der Waals surface area contributed by atoms with E-state index in [1.807, 2.05) is 30.3 Å². The van der Waals surface area contributed by atoms with E-state index in [1.54, 1.807) is 31.2 Å². The molecule has 0 spiro atoms. The molecule has 2 unspecified atom stereocenters. The summed E-state index contributed by atoms with van der Waals surface area (Å²) in [5.74, 6) is -0.187. The van der Waals surface area contributed by atoms with E-state index in [2.05, 4.69) is 20.8 Å². The number of para-hydroxylation sites is 1. The Hall–Kier alpha value is -3.01. The third-order valence-corrected chi connectivity index (χ3v) is 6.40. The van der Waals surface area contributed by atoms with Gasteiger partial charge in [-0.25, -0.2) is 4.79 Å². The number of ether oxygens (including phenoxy) is 1. The minimum atomic E-state index is -0.862. The predicted molar refractivity (Wildman–Crippen MR) is 122 cm³/mol. The number of Topliss-reactive ketones (excluding diaryl/α,β-unsaturated/α-hetero) is 1. The molecule has 0 radical (unpaired) electrons. The number of ketones is 1. The van der Waals surface area contributed by atoms with Gasteiger partial charge in [0.25, 0.3) is 0 Å². The highest BCUT2D eigenvalue weighted by Gasteiger charge is 2.33. The van der Waals surface area contributed by atoms with Crippen LogP contribution in [-0.2, 0) is 17.6 Å². The van der Waals surface area contributed by atoms with E-state index in [0.29, 0.717) is 17.0 Å². The van der Waals surface area contributed by atoms with Crippen molar-refractivity contribution in [3.63, 3.8) is 0 Å². The molecule has 2 aromatic carbocycles. The number of nitrogens with zero attached hydrogens (tertiary/aromatic N) is 1. The van der Waals surface area contributed by atoms with Crippen molar-refractivity contribution in [3.05, 3.63) is 77.0 Å². The second-order valence-corrected chi connectivity index (χ2v) is 9.51. The van der Waals surface area contributed by atoms with Crippen molar-refractivity contribution in [2.75, 3.05) is 0 Å². The Bertz CT molecular complexity index is 1130. The van der Waals surface area contributed by atoms with Crippen molar-refractivity contribution in [1.29, 1.82) is 0 Å². The van der Waals surface area contributed by atoms with Gasteiger partial charge in [0.15, 0.2) is 6.10 Å². The zero-order chi connectivity index (χ0) is 22.2. The second-order valence-electron chi connectivity index (χ2n) is 9.51. The number of hydrogen-bond donors (Lipinski definition) is 0. The van der Waals surface area contributed by atoms with Crippen LogP contribution in [0, 0.1) is 11.3 Å². The van der Waals surface area contributed by atoms with E-state index < -0.39 is 12.1 Å². The highest BCUT2D eigenvalue weighted by atomic mass is 16.5. The van der Waals surface area contributed by atoms with Crippen LogP contribution in [0.25, 0.3) is 10.9 Å². The fraction of sp³-hybridized carbons (Fsp3) is 0.370. The van der Waals surface area contributed by atoms with Gasteiger partial charge in [0.1, 0.15) is 0 Å². The zero-order valence-corrected chi connectivity index (χ0v) is 18.6. The first-order chi connectivity index (χ1) is 14.8. The summed E-state index contributed by atoms with van der Waals surface area (Å²) in [6.07, 6.45) is 1.84. The Morgan fingerprint density at radius 3 is 2.42 bits per heavy atom. The molecule has 2 atom stereocenters. The summed E-state index contributed by atoms with van der Waals surface area (Å²) in [5, 5.41) is 0.792. The van der Waals surface area contributed by atoms with Crippen LogP contribution in [0.15, 0.2) is 54.6 Å². The van der Waals surface area contributed by atoms with Gasteiger partial charge in [-0.1, -0.05) is 69.3 Å². The van der Waals surface area contributed by atoms with Gasteiger partial charge in [-0.3, -0.25) is 9.78 Å². The maximum Gasteiger partial charge on any atom is 0.339 e. The van der Waals surface area contributed by atoms with Crippen molar-refractivity contribution in [1.82, 2.24) is 4.98 Å². The number of hydrogen-bond acceptors (Lipinski definition) is 4. The number of aromatic nitrogens is 1. The molecule has 1 aliphatic rings. The topological polar surface area (TPSA) is 56.3 Å². The Balaban J connectivity index is 1.72. The second kappa shape index (κ2) is 8.26.